The lowest BCUT2D eigenvalue weighted by molar-refractivity contribution is -0.117. The van der Waals surface area contributed by atoms with Gasteiger partial charge < -0.3 is 4.57 Å². The van der Waals surface area contributed by atoms with Gasteiger partial charge in [0.05, 0.1) is 6.54 Å². The Morgan fingerprint density at radius 2 is 1.79 bits per heavy atom. The molecule has 0 amide bonds. The van der Waals surface area contributed by atoms with Crippen molar-refractivity contribution in [3.05, 3.63) is 32.2 Å². The van der Waals surface area contributed by atoms with Crippen molar-refractivity contribution in [3.63, 3.8) is 0 Å². The van der Waals surface area contributed by atoms with Crippen molar-refractivity contribution in [1.29, 1.82) is 0 Å². The van der Waals surface area contributed by atoms with Gasteiger partial charge in [0, 0.05) is 25.0 Å². The van der Waals surface area contributed by atoms with Crippen molar-refractivity contribution in [2.24, 2.45) is 7.05 Å². The maximum Gasteiger partial charge on any atom is 0.332 e. The highest BCUT2D eigenvalue weighted by molar-refractivity contribution is 5.78. The number of ketones is 1. The molecule has 0 radical (unpaired) electrons. The van der Waals surface area contributed by atoms with Crippen LogP contribution in [0, 0.1) is 13.8 Å². The second kappa shape index (κ2) is 5.47. The number of hydrogen-bond donors (Lipinski definition) is 0. The van der Waals surface area contributed by atoms with Gasteiger partial charge in [-0.3, -0.25) is 23.1 Å². The molecule has 0 aromatic carbocycles. The molecule has 3 aromatic rings. The fourth-order valence-electron chi connectivity index (χ4n) is 3.17. The minimum Gasteiger partial charge on any atom is -0.314 e. The number of fused-ring (bicyclic) bond motifs is 3. The Morgan fingerprint density at radius 1 is 1.12 bits per heavy atom. The molecule has 0 saturated carbocycles. The first-order valence-corrected chi connectivity index (χ1v) is 7.96. The van der Waals surface area contributed by atoms with E-state index < -0.39 is 11.2 Å². The number of imidazole rings is 2. The topological polar surface area (TPSA) is 83.3 Å². The minimum absolute atomic E-state index is 0.234. The van der Waals surface area contributed by atoms with E-state index in [1.807, 2.05) is 13.8 Å². The molecule has 128 valence electrons. The van der Waals surface area contributed by atoms with E-state index in [0.29, 0.717) is 16.9 Å². The van der Waals surface area contributed by atoms with E-state index in [0.717, 1.165) is 28.9 Å². The molecule has 0 aliphatic carbocycles. The molecule has 24 heavy (non-hydrogen) atoms. The Morgan fingerprint density at radius 3 is 2.38 bits per heavy atom. The van der Waals surface area contributed by atoms with E-state index in [-0.39, 0.29) is 12.3 Å². The van der Waals surface area contributed by atoms with Crippen molar-refractivity contribution in [2.45, 2.75) is 47.2 Å². The highest BCUT2D eigenvalue weighted by Crippen LogP contribution is 2.20. The molecular weight excluding hydrogens is 310 g/mol. The van der Waals surface area contributed by atoms with Gasteiger partial charge in [-0.25, -0.2) is 4.79 Å². The Hall–Kier alpha value is -2.64. The number of carbonyl (C=O) groups is 1. The first-order chi connectivity index (χ1) is 11.3. The molecule has 3 rings (SSSR count). The van der Waals surface area contributed by atoms with E-state index >= 15 is 0 Å². The van der Waals surface area contributed by atoms with Crippen LogP contribution in [0.1, 0.15) is 31.7 Å². The smallest absolute Gasteiger partial charge is 0.314 e. The second-order valence-electron chi connectivity index (χ2n) is 6.18. The van der Waals surface area contributed by atoms with Crippen molar-refractivity contribution < 1.29 is 4.79 Å². The highest BCUT2D eigenvalue weighted by Gasteiger charge is 2.22. The van der Waals surface area contributed by atoms with Crippen LogP contribution in [0.15, 0.2) is 9.59 Å². The Labute approximate surface area is 137 Å². The zero-order valence-corrected chi connectivity index (χ0v) is 14.6. The summed E-state index contributed by atoms with van der Waals surface area (Å²) < 4.78 is 6.15. The largest absolute Gasteiger partial charge is 0.332 e. The summed E-state index contributed by atoms with van der Waals surface area (Å²) in [6.07, 6.45) is 0.932. The number of rotatable bonds is 4. The Balaban J connectivity index is 2.54. The summed E-state index contributed by atoms with van der Waals surface area (Å²) in [5, 5.41) is 0. The van der Waals surface area contributed by atoms with Gasteiger partial charge in [0.15, 0.2) is 11.2 Å². The molecule has 0 aliphatic rings. The number of hydrogen-bond acceptors (Lipinski definition) is 4. The summed E-state index contributed by atoms with van der Waals surface area (Å²) in [4.78, 5) is 41.3. The van der Waals surface area contributed by atoms with E-state index in [9.17, 15) is 14.4 Å². The number of carbonyl (C=O) groups excluding carboxylic acids is 1. The molecule has 0 atom stereocenters. The van der Waals surface area contributed by atoms with Gasteiger partial charge in [-0.05, 0) is 27.2 Å². The van der Waals surface area contributed by atoms with E-state index in [4.69, 9.17) is 0 Å². The van der Waals surface area contributed by atoms with Crippen LogP contribution in [-0.2, 0) is 24.9 Å². The first kappa shape index (κ1) is 16.2. The van der Waals surface area contributed by atoms with E-state index in [1.54, 1.807) is 11.4 Å². The van der Waals surface area contributed by atoms with Crippen LogP contribution in [0.3, 0.4) is 0 Å². The predicted molar refractivity (Wildman–Crippen MR) is 90.6 cm³/mol. The quantitative estimate of drug-likeness (QED) is 0.707. The average Bonchev–Trinajstić information content (AvgIpc) is 3.02. The van der Waals surface area contributed by atoms with Crippen molar-refractivity contribution in [3.8, 4) is 0 Å². The molecule has 0 bridgehead atoms. The van der Waals surface area contributed by atoms with Crippen LogP contribution in [0.25, 0.3) is 16.9 Å². The van der Waals surface area contributed by atoms with Crippen LogP contribution in [0.4, 0.5) is 0 Å². The maximum absolute atomic E-state index is 12.9. The summed E-state index contributed by atoms with van der Waals surface area (Å²) in [6, 6.07) is 0. The third-order valence-electron chi connectivity index (χ3n) is 4.46. The molecule has 0 fully saturated rings. The summed E-state index contributed by atoms with van der Waals surface area (Å²) in [5.74, 6) is 0.403. The molecule has 0 unspecified atom stereocenters. The normalized spacial score (nSPS) is 11.7. The van der Waals surface area contributed by atoms with Gasteiger partial charge >= 0.3 is 5.69 Å². The van der Waals surface area contributed by atoms with Gasteiger partial charge in [0.1, 0.15) is 5.78 Å². The Kier molecular flexibility index (Phi) is 3.70. The van der Waals surface area contributed by atoms with Crippen LogP contribution >= 0.6 is 0 Å². The predicted octanol–water partition coefficient (Wildman–Crippen LogP) is 0.765. The first-order valence-electron chi connectivity index (χ1n) is 7.96. The van der Waals surface area contributed by atoms with Crippen molar-refractivity contribution >= 4 is 22.7 Å². The molecule has 0 N–H and O–H groups in total. The van der Waals surface area contributed by atoms with Gasteiger partial charge in [-0.1, -0.05) is 6.92 Å². The number of Topliss-reactive ketones (excluding diaryl/α,β-unsaturated/α-hetero) is 1. The van der Waals surface area contributed by atoms with Gasteiger partial charge in [0.2, 0.25) is 5.78 Å². The highest BCUT2D eigenvalue weighted by atomic mass is 16.2. The van der Waals surface area contributed by atoms with E-state index in [1.165, 1.54) is 11.5 Å². The monoisotopic (exact) mass is 331 g/mol. The molecular formula is C16H21N5O3. The average molecular weight is 331 g/mol. The standard InChI is InChI=1S/C16H21N5O3/c1-6-7-19-10(3)11(4)21-12-13(17-15(19)21)18(5)16(24)20(14(12)23)8-9(2)22/h6-8H2,1-5H3. The summed E-state index contributed by atoms with van der Waals surface area (Å²) in [5.41, 5.74) is 1.61. The molecule has 8 heteroatoms. The Bertz CT molecular complexity index is 1090. The van der Waals surface area contributed by atoms with Crippen molar-refractivity contribution in [1.82, 2.24) is 23.1 Å². The zero-order valence-electron chi connectivity index (χ0n) is 14.6. The second-order valence-corrected chi connectivity index (χ2v) is 6.18. The van der Waals surface area contributed by atoms with Crippen LogP contribution in [-0.4, -0.2) is 28.9 Å². The third-order valence-corrected chi connectivity index (χ3v) is 4.46. The number of aromatic nitrogens is 5. The number of nitrogens with zero attached hydrogens (tertiary/aromatic N) is 5. The molecule has 0 spiro atoms. The van der Waals surface area contributed by atoms with Crippen molar-refractivity contribution in [2.75, 3.05) is 0 Å². The molecule has 3 heterocycles. The lowest BCUT2D eigenvalue weighted by Crippen LogP contribution is -2.40. The van der Waals surface area contributed by atoms with Gasteiger partial charge in [0.25, 0.3) is 5.56 Å². The third kappa shape index (κ3) is 2.05. The van der Waals surface area contributed by atoms with E-state index in [2.05, 4.69) is 16.5 Å². The van der Waals surface area contributed by atoms with Crippen LogP contribution in [0.2, 0.25) is 0 Å². The fourth-order valence-corrected chi connectivity index (χ4v) is 3.17. The maximum atomic E-state index is 12.9. The zero-order chi connectivity index (χ0) is 17.8. The summed E-state index contributed by atoms with van der Waals surface area (Å²) in [7, 11) is 1.57. The van der Waals surface area contributed by atoms with Gasteiger partial charge in [-0.2, -0.15) is 4.98 Å². The lowest BCUT2D eigenvalue weighted by atomic mass is 10.3. The molecule has 3 aromatic heterocycles. The summed E-state index contributed by atoms with van der Waals surface area (Å²) >= 11 is 0. The molecule has 8 nitrogen and oxygen atoms in total. The molecule has 0 aliphatic heterocycles. The molecule has 0 saturated heterocycles. The SMILES string of the molecule is CCCn1c(C)c(C)n2c3c(=O)n(CC(C)=O)c(=O)n(C)c3nc12. The van der Waals surface area contributed by atoms with Gasteiger partial charge in [-0.15, -0.1) is 0 Å². The fraction of sp³-hybridized carbons (Fsp3) is 0.500. The summed E-state index contributed by atoms with van der Waals surface area (Å²) in [6.45, 7) is 7.89. The minimum atomic E-state index is -0.528. The van der Waals surface area contributed by atoms with Crippen LogP contribution < -0.4 is 11.2 Å². The van der Waals surface area contributed by atoms with Crippen LogP contribution in [0.5, 0.6) is 0 Å². The lowest BCUT2D eigenvalue weighted by Gasteiger charge is -2.06. The number of aryl methyl sites for hydroxylation is 3.